The molecule has 0 saturated heterocycles. The smallest absolute Gasteiger partial charge is 0.203 e. The minimum atomic E-state index is 0.369. The van der Waals surface area contributed by atoms with E-state index in [0.29, 0.717) is 11.3 Å². The molecule has 1 N–H and O–H groups in total. The monoisotopic (exact) mass is 256 g/mol. The average Bonchev–Trinajstić information content (AvgIpc) is 2.83. The Bertz CT molecular complexity index is 490. The first-order valence-corrected chi connectivity index (χ1v) is 7.48. The van der Waals surface area contributed by atoms with E-state index in [0.717, 1.165) is 30.1 Å². The molecule has 0 amide bonds. The van der Waals surface area contributed by atoms with Crippen molar-refractivity contribution in [3.8, 4) is 6.07 Å². The highest BCUT2D eigenvalue weighted by atomic mass is 16.3. The molecule has 0 radical (unpaired) electrons. The number of nitrogens with one attached hydrogen (secondary N) is 1. The van der Waals surface area contributed by atoms with Crippen LogP contribution in [0.5, 0.6) is 0 Å². The molecule has 1 aromatic rings. The second-order valence-corrected chi connectivity index (χ2v) is 6.93. The lowest BCUT2D eigenvalue weighted by Crippen LogP contribution is -2.58. The van der Waals surface area contributed by atoms with Gasteiger partial charge < -0.3 is 9.73 Å². The molecule has 4 saturated carbocycles. The number of furan rings is 1. The number of nitrogens with zero attached hydrogens (tertiary/aromatic N) is 1. The van der Waals surface area contributed by atoms with E-state index >= 15 is 0 Å². The molecule has 100 valence electrons. The zero-order valence-corrected chi connectivity index (χ0v) is 11.2. The highest BCUT2D eigenvalue weighted by Crippen LogP contribution is 2.55. The molecule has 4 aliphatic rings. The fourth-order valence-corrected chi connectivity index (χ4v) is 5.13. The number of rotatable bonds is 3. The topological polar surface area (TPSA) is 49.0 Å². The van der Waals surface area contributed by atoms with Gasteiger partial charge in [0.15, 0.2) is 0 Å². The van der Waals surface area contributed by atoms with Crippen molar-refractivity contribution in [3.63, 3.8) is 0 Å². The summed E-state index contributed by atoms with van der Waals surface area (Å²) in [4.78, 5) is 0. The van der Waals surface area contributed by atoms with Gasteiger partial charge in [0.2, 0.25) is 5.76 Å². The predicted octanol–water partition coefficient (Wildman–Crippen LogP) is 3.21. The maximum Gasteiger partial charge on any atom is 0.203 e. The summed E-state index contributed by atoms with van der Waals surface area (Å²) in [6, 6.07) is 5.73. The van der Waals surface area contributed by atoms with Gasteiger partial charge in [-0.1, -0.05) is 0 Å². The van der Waals surface area contributed by atoms with Crippen LogP contribution in [0, 0.1) is 29.1 Å². The highest BCUT2D eigenvalue weighted by molar-refractivity contribution is 5.19. The summed E-state index contributed by atoms with van der Waals surface area (Å²) in [5.41, 5.74) is 0.369. The summed E-state index contributed by atoms with van der Waals surface area (Å²) >= 11 is 0. The minimum Gasteiger partial charge on any atom is -0.449 e. The van der Waals surface area contributed by atoms with E-state index in [-0.39, 0.29) is 0 Å². The van der Waals surface area contributed by atoms with Gasteiger partial charge >= 0.3 is 0 Å². The standard InChI is InChI=1S/C16H20N2O/c17-9-14-1-2-15(19-14)10-18-16-6-11-3-12(7-16)5-13(4-11)8-16/h1-2,11-13,18H,3-8,10H2. The van der Waals surface area contributed by atoms with Gasteiger partial charge in [-0.05, 0) is 68.4 Å². The minimum absolute atomic E-state index is 0.369. The molecular formula is C16H20N2O. The second kappa shape index (κ2) is 4.11. The molecule has 1 aromatic heterocycles. The Kier molecular flexibility index (Phi) is 2.50. The largest absolute Gasteiger partial charge is 0.449 e. The van der Waals surface area contributed by atoms with Crippen LogP contribution in [-0.2, 0) is 6.54 Å². The Balaban J connectivity index is 1.46. The van der Waals surface area contributed by atoms with Gasteiger partial charge in [-0.25, -0.2) is 0 Å². The maximum absolute atomic E-state index is 8.78. The van der Waals surface area contributed by atoms with E-state index in [2.05, 4.69) is 5.32 Å². The van der Waals surface area contributed by atoms with E-state index in [9.17, 15) is 0 Å². The van der Waals surface area contributed by atoms with Gasteiger partial charge in [0.05, 0.1) is 6.54 Å². The molecule has 0 atom stereocenters. The zero-order chi connectivity index (χ0) is 12.9. The first-order chi connectivity index (χ1) is 9.25. The molecule has 5 rings (SSSR count). The molecule has 4 aliphatic carbocycles. The van der Waals surface area contributed by atoms with Crippen molar-refractivity contribution in [2.24, 2.45) is 17.8 Å². The molecule has 3 heteroatoms. The van der Waals surface area contributed by atoms with Crippen LogP contribution in [-0.4, -0.2) is 5.54 Å². The molecule has 1 heterocycles. The van der Waals surface area contributed by atoms with E-state index < -0.39 is 0 Å². The Morgan fingerprint density at radius 2 is 1.79 bits per heavy atom. The predicted molar refractivity (Wildman–Crippen MR) is 71.2 cm³/mol. The van der Waals surface area contributed by atoms with Gasteiger partial charge in [0, 0.05) is 5.54 Å². The van der Waals surface area contributed by atoms with Crippen LogP contribution in [0.4, 0.5) is 0 Å². The fraction of sp³-hybridized carbons (Fsp3) is 0.688. The van der Waals surface area contributed by atoms with Crippen molar-refractivity contribution in [2.75, 3.05) is 0 Å². The number of hydrogen-bond acceptors (Lipinski definition) is 3. The van der Waals surface area contributed by atoms with Crippen LogP contribution in [0.25, 0.3) is 0 Å². The van der Waals surface area contributed by atoms with E-state index in [1.807, 2.05) is 12.1 Å². The Morgan fingerprint density at radius 3 is 2.32 bits per heavy atom. The Labute approximate surface area is 114 Å². The molecular weight excluding hydrogens is 236 g/mol. The normalized spacial score (nSPS) is 39.4. The van der Waals surface area contributed by atoms with Crippen LogP contribution in [0.3, 0.4) is 0 Å². The van der Waals surface area contributed by atoms with Crippen LogP contribution >= 0.6 is 0 Å². The first-order valence-electron chi connectivity index (χ1n) is 7.48. The summed E-state index contributed by atoms with van der Waals surface area (Å²) in [7, 11) is 0. The Hall–Kier alpha value is -1.27. The van der Waals surface area contributed by atoms with Gasteiger partial charge in [-0.15, -0.1) is 0 Å². The summed E-state index contributed by atoms with van der Waals surface area (Å²) < 4.78 is 5.47. The van der Waals surface area contributed by atoms with Crippen LogP contribution < -0.4 is 5.32 Å². The van der Waals surface area contributed by atoms with E-state index in [1.54, 1.807) is 6.07 Å². The molecule has 0 aromatic carbocycles. The van der Waals surface area contributed by atoms with Crippen molar-refractivity contribution >= 4 is 0 Å². The lowest BCUT2D eigenvalue weighted by atomic mass is 9.53. The van der Waals surface area contributed by atoms with Crippen molar-refractivity contribution in [1.29, 1.82) is 5.26 Å². The van der Waals surface area contributed by atoms with Gasteiger partial charge in [-0.2, -0.15) is 5.26 Å². The third-order valence-corrected chi connectivity index (χ3v) is 5.45. The van der Waals surface area contributed by atoms with E-state index in [1.165, 1.54) is 38.5 Å². The van der Waals surface area contributed by atoms with E-state index in [4.69, 9.17) is 9.68 Å². The van der Waals surface area contributed by atoms with Gasteiger partial charge in [-0.3, -0.25) is 0 Å². The molecule has 4 fully saturated rings. The van der Waals surface area contributed by atoms with Crippen molar-refractivity contribution in [3.05, 3.63) is 23.7 Å². The average molecular weight is 256 g/mol. The highest BCUT2D eigenvalue weighted by Gasteiger charge is 2.50. The lowest BCUT2D eigenvalue weighted by Gasteiger charge is -2.57. The molecule has 3 nitrogen and oxygen atoms in total. The van der Waals surface area contributed by atoms with Crippen molar-refractivity contribution < 1.29 is 4.42 Å². The Morgan fingerprint density at radius 1 is 1.16 bits per heavy atom. The summed E-state index contributed by atoms with van der Waals surface area (Å²) in [5, 5.41) is 12.6. The lowest BCUT2D eigenvalue weighted by molar-refractivity contribution is -0.0213. The van der Waals surface area contributed by atoms with Crippen LogP contribution in [0.1, 0.15) is 50.0 Å². The zero-order valence-electron chi connectivity index (χ0n) is 11.2. The molecule has 0 unspecified atom stereocenters. The van der Waals surface area contributed by atoms with Crippen molar-refractivity contribution in [2.45, 2.75) is 50.6 Å². The third kappa shape index (κ3) is 1.99. The molecule has 19 heavy (non-hydrogen) atoms. The quantitative estimate of drug-likeness (QED) is 0.903. The molecule has 0 spiro atoms. The maximum atomic E-state index is 8.78. The second-order valence-electron chi connectivity index (χ2n) is 6.93. The molecule has 4 bridgehead atoms. The third-order valence-electron chi connectivity index (χ3n) is 5.45. The van der Waals surface area contributed by atoms with Crippen LogP contribution in [0.2, 0.25) is 0 Å². The van der Waals surface area contributed by atoms with Crippen molar-refractivity contribution in [1.82, 2.24) is 5.32 Å². The number of hydrogen-bond donors (Lipinski definition) is 1. The molecule has 0 aliphatic heterocycles. The summed E-state index contributed by atoms with van der Waals surface area (Å²) in [6.07, 6.45) is 8.47. The number of nitriles is 1. The summed E-state index contributed by atoms with van der Waals surface area (Å²) in [6.45, 7) is 0.772. The van der Waals surface area contributed by atoms with Gasteiger partial charge in [0.25, 0.3) is 0 Å². The first kappa shape index (κ1) is 11.5. The fourth-order valence-electron chi connectivity index (χ4n) is 5.13. The summed E-state index contributed by atoms with van der Waals surface area (Å²) in [5.74, 6) is 4.20. The SMILES string of the molecule is N#Cc1ccc(CNC23CC4CC(CC(C4)C2)C3)o1. The van der Waals surface area contributed by atoms with Gasteiger partial charge in [0.1, 0.15) is 11.8 Å². The van der Waals surface area contributed by atoms with Crippen LogP contribution in [0.15, 0.2) is 16.5 Å².